The van der Waals surface area contributed by atoms with E-state index in [0.717, 1.165) is 0 Å². The lowest BCUT2D eigenvalue weighted by Crippen LogP contribution is -2.61. The van der Waals surface area contributed by atoms with Gasteiger partial charge in [-0.3, -0.25) is 9.59 Å². The van der Waals surface area contributed by atoms with Crippen molar-refractivity contribution in [3.8, 4) is 0 Å². The van der Waals surface area contributed by atoms with Gasteiger partial charge in [0.1, 0.15) is 12.2 Å². The molecule has 11 nitrogen and oxygen atoms in total. The first-order valence-corrected chi connectivity index (χ1v) is 7.89. The number of aliphatic carboxylic acids is 2. The number of ether oxygens (including phenoxy) is 2. The smallest absolute Gasteiger partial charge is 0.333 e. The SMILES string of the molecule is N[C@@H](CS)C(=O)[C@H]1[C@@H](O[C@@H](CC(=O)O)C(=O)O)O[C@H](CO)[C@@H](O)[C@@H]1O. The van der Waals surface area contributed by atoms with Crippen LogP contribution in [0.1, 0.15) is 6.42 Å². The topological polar surface area (TPSA) is 197 Å². The molecule has 12 heteroatoms. The minimum Gasteiger partial charge on any atom is -0.481 e. The number of carbonyl (C=O) groups is 3. The Morgan fingerprint density at radius 1 is 1.20 bits per heavy atom. The van der Waals surface area contributed by atoms with Gasteiger partial charge < -0.3 is 40.7 Å². The van der Waals surface area contributed by atoms with Gasteiger partial charge in [0.05, 0.1) is 31.1 Å². The number of Topliss-reactive ketones (excluding diaryl/α,β-unsaturated/α-hetero) is 1. The Morgan fingerprint density at radius 3 is 2.24 bits per heavy atom. The molecule has 0 amide bonds. The summed E-state index contributed by atoms with van der Waals surface area (Å²) in [6, 6.07) is -1.17. The van der Waals surface area contributed by atoms with Crippen molar-refractivity contribution in [3.05, 3.63) is 0 Å². The zero-order chi connectivity index (χ0) is 19.3. The fraction of sp³-hybridized carbons (Fsp3) is 0.769. The van der Waals surface area contributed by atoms with Crippen LogP contribution in [0.15, 0.2) is 0 Å². The number of carboxylic acids is 2. The van der Waals surface area contributed by atoms with Gasteiger partial charge in [0.25, 0.3) is 0 Å². The number of hydrogen-bond acceptors (Lipinski definition) is 10. The third-order valence-corrected chi connectivity index (χ3v) is 4.10. The van der Waals surface area contributed by atoms with Crippen LogP contribution in [0.2, 0.25) is 0 Å². The van der Waals surface area contributed by atoms with E-state index in [-0.39, 0.29) is 5.75 Å². The van der Waals surface area contributed by atoms with Crippen LogP contribution >= 0.6 is 12.6 Å². The summed E-state index contributed by atoms with van der Waals surface area (Å²) in [5.74, 6) is -5.61. The lowest BCUT2D eigenvalue weighted by Gasteiger charge is -2.42. The lowest BCUT2D eigenvalue weighted by atomic mass is 9.85. The predicted molar refractivity (Wildman–Crippen MR) is 82.8 cm³/mol. The number of aliphatic hydroxyl groups excluding tert-OH is 3. The van der Waals surface area contributed by atoms with Crippen molar-refractivity contribution in [2.24, 2.45) is 11.7 Å². The maximum atomic E-state index is 12.3. The van der Waals surface area contributed by atoms with Crippen molar-refractivity contribution in [1.82, 2.24) is 0 Å². The van der Waals surface area contributed by atoms with E-state index < -0.39 is 73.4 Å². The van der Waals surface area contributed by atoms with Crippen LogP contribution in [-0.2, 0) is 23.9 Å². The lowest BCUT2D eigenvalue weighted by molar-refractivity contribution is -0.290. The van der Waals surface area contributed by atoms with E-state index >= 15 is 0 Å². The van der Waals surface area contributed by atoms with Gasteiger partial charge in [0.15, 0.2) is 18.2 Å². The average Bonchev–Trinajstić information content (AvgIpc) is 2.55. The normalized spacial score (nSPS) is 32.0. The van der Waals surface area contributed by atoms with Gasteiger partial charge in [0.2, 0.25) is 0 Å². The Hall–Kier alpha value is -1.28. The summed E-state index contributed by atoms with van der Waals surface area (Å²) >= 11 is 3.86. The monoisotopic (exact) mass is 383 g/mol. The number of thiol groups is 1. The van der Waals surface area contributed by atoms with Gasteiger partial charge in [-0.05, 0) is 0 Å². The van der Waals surface area contributed by atoms with Crippen molar-refractivity contribution in [1.29, 1.82) is 0 Å². The first kappa shape index (κ1) is 21.8. The first-order valence-electron chi connectivity index (χ1n) is 7.26. The molecule has 1 heterocycles. The van der Waals surface area contributed by atoms with Crippen LogP contribution in [0.3, 0.4) is 0 Å². The summed E-state index contributed by atoms with van der Waals surface area (Å²) in [5, 5.41) is 47.1. The summed E-state index contributed by atoms with van der Waals surface area (Å²) < 4.78 is 10.2. The van der Waals surface area contributed by atoms with E-state index in [0.29, 0.717) is 0 Å². The molecule has 1 rings (SSSR count). The van der Waals surface area contributed by atoms with Crippen LogP contribution in [-0.4, -0.2) is 92.4 Å². The van der Waals surface area contributed by atoms with Gasteiger partial charge in [-0.2, -0.15) is 12.6 Å². The highest BCUT2D eigenvalue weighted by Gasteiger charge is 2.50. The number of carbonyl (C=O) groups excluding carboxylic acids is 1. The average molecular weight is 383 g/mol. The number of carboxylic acid groups (broad SMARTS) is 2. The molecule has 0 bridgehead atoms. The summed E-state index contributed by atoms with van der Waals surface area (Å²) in [6.45, 7) is -0.756. The minimum absolute atomic E-state index is 0.105. The molecule has 0 saturated carbocycles. The van der Waals surface area contributed by atoms with E-state index in [1.54, 1.807) is 0 Å². The second kappa shape index (κ2) is 9.43. The molecule has 1 aliphatic rings. The quantitative estimate of drug-likeness (QED) is 0.198. The molecule has 0 aromatic carbocycles. The number of hydrogen-bond donors (Lipinski definition) is 7. The van der Waals surface area contributed by atoms with Gasteiger partial charge >= 0.3 is 11.9 Å². The summed E-state index contributed by atoms with van der Waals surface area (Å²) in [7, 11) is 0. The summed E-state index contributed by atoms with van der Waals surface area (Å²) in [5.41, 5.74) is 5.57. The third-order valence-electron chi connectivity index (χ3n) is 3.71. The van der Waals surface area contributed by atoms with Crippen LogP contribution in [0.4, 0.5) is 0 Å². The Kier molecular flexibility index (Phi) is 8.21. The maximum Gasteiger partial charge on any atom is 0.333 e. The third kappa shape index (κ3) is 5.34. The van der Waals surface area contributed by atoms with Gasteiger partial charge in [-0.25, -0.2) is 4.79 Å². The fourth-order valence-electron chi connectivity index (χ4n) is 2.35. The Morgan fingerprint density at radius 2 is 1.80 bits per heavy atom. The van der Waals surface area contributed by atoms with E-state index in [9.17, 15) is 29.7 Å². The van der Waals surface area contributed by atoms with Crippen molar-refractivity contribution in [3.63, 3.8) is 0 Å². The Bertz CT molecular complexity index is 503. The van der Waals surface area contributed by atoms with Gasteiger partial charge in [0, 0.05) is 5.75 Å². The van der Waals surface area contributed by atoms with Crippen LogP contribution in [0, 0.1) is 5.92 Å². The minimum atomic E-state index is -1.88. The van der Waals surface area contributed by atoms with Crippen molar-refractivity contribution in [2.45, 2.75) is 43.2 Å². The van der Waals surface area contributed by atoms with Crippen LogP contribution in [0.5, 0.6) is 0 Å². The second-order valence-corrected chi connectivity index (χ2v) is 5.85. The fourth-order valence-corrected chi connectivity index (χ4v) is 2.53. The molecular formula is C13H21NO10S. The van der Waals surface area contributed by atoms with E-state index in [2.05, 4.69) is 12.6 Å². The van der Waals surface area contributed by atoms with Crippen LogP contribution in [0.25, 0.3) is 0 Å². The van der Waals surface area contributed by atoms with Crippen molar-refractivity contribution in [2.75, 3.05) is 12.4 Å². The molecule has 0 aromatic rings. The molecule has 0 aromatic heterocycles. The van der Waals surface area contributed by atoms with E-state index in [1.807, 2.05) is 0 Å². The highest BCUT2D eigenvalue weighted by Crippen LogP contribution is 2.30. The molecular weight excluding hydrogens is 362 g/mol. The summed E-state index contributed by atoms with van der Waals surface area (Å²) in [6.07, 6.45) is -9.34. The molecule has 7 atom stereocenters. The molecule has 1 saturated heterocycles. The number of aliphatic hydroxyl groups is 3. The molecule has 0 spiro atoms. The number of nitrogens with two attached hydrogens (primary N) is 1. The summed E-state index contributed by atoms with van der Waals surface area (Å²) in [4.78, 5) is 34.2. The highest BCUT2D eigenvalue weighted by molar-refractivity contribution is 7.80. The molecule has 0 unspecified atom stereocenters. The van der Waals surface area contributed by atoms with Gasteiger partial charge in [-0.15, -0.1) is 0 Å². The molecule has 144 valence electrons. The molecule has 7 N–H and O–H groups in total. The standard InChI is InChI=1S/C13H21NO10S/c14-4(3-25)9(18)8-11(20)10(19)6(2-15)24-13(8)23-5(12(21)22)1-7(16)17/h4-6,8,10-11,13,15,19-20,25H,1-3,14H2,(H,16,17)(H,21,22)/t4-,5-,6+,8+,10+,11+,13-/m0/s1. The van der Waals surface area contributed by atoms with Crippen molar-refractivity contribution >= 4 is 30.4 Å². The molecule has 0 radical (unpaired) electrons. The second-order valence-electron chi connectivity index (χ2n) is 5.48. The van der Waals surface area contributed by atoms with E-state index in [1.165, 1.54) is 0 Å². The molecule has 0 aliphatic carbocycles. The number of ketones is 1. The molecule has 1 fully saturated rings. The van der Waals surface area contributed by atoms with Gasteiger partial charge in [-0.1, -0.05) is 0 Å². The zero-order valence-electron chi connectivity index (χ0n) is 13.0. The predicted octanol–water partition coefficient (Wildman–Crippen LogP) is -3.19. The largest absolute Gasteiger partial charge is 0.481 e. The first-order chi connectivity index (χ1) is 11.6. The van der Waals surface area contributed by atoms with Crippen molar-refractivity contribution < 1.29 is 49.4 Å². The van der Waals surface area contributed by atoms with Crippen LogP contribution < -0.4 is 5.73 Å². The zero-order valence-corrected chi connectivity index (χ0v) is 13.9. The molecule has 1 aliphatic heterocycles. The number of rotatable bonds is 9. The van der Waals surface area contributed by atoms with E-state index in [4.69, 9.17) is 25.4 Å². The Labute approximate surface area is 147 Å². The highest BCUT2D eigenvalue weighted by atomic mass is 32.1. The molecule has 25 heavy (non-hydrogen) atoms. The Balaban J connectivity index is 3.11. The maximum absolute atomic E-state index is 12.3.